The molecule has 0 spiro atoms. The highest BCUT2D eigenvalue weighted by Crippen LogP contribution is 2.39. The Hall–Kier alpha value is -2.20. The lowest BCUT2D eigenvalue weighted by atomic mass is 9.96. The molecule has 1 aliphatic carbocycles. The minimum absolute atomic E-state index is 0.264. The van der Waals surface area contributed by atoms with Crippen molar-refractivity contribution in [2.75, 3.05) is 0 Å². The number of hydrogen-bond donors (Lipinski definition) is 2. The fourth-order valence-corrected chi connectivity index (χ4v) is 3.55. The maximum absolute atomic E-state index is 11.5. The van der Waals surface area contributed by atoms with E-state index in [2.05, 4.69) is 26.5 Å². The number of aromatic amines is 2. The smallest absolute Gasteiger partial charge is 0.291 e. The molecule has 0 unspecified atom stereocenters. The number of nitriles is 1. The van der Waals surface area contributed by atoms with Gasteiger partial charge in [0.1, 0.15) is 6.07 Å². The Kier molecular flexibility index (Phi) is 3.24. The lowest BCUT2D eigenvalue weighted by molar-refractivity contribution is 0.696. The molecule has 3 rings (SSSR count). The molecule has 1 aliphatic rings. The first-order chi connectivity index (χ1) is 9.70. The molecule has 0 fully saturated rings. The molecule has 0 aliphatic heterocycles. The Bertz CT molecular complexity index is 774. The monoisotopic (exact) mass is 287 g/mol. The van der Waals surface area contributed by atoms with E-state index in [1.165, 1.54) is 16.2 Å². The van der Waals surface area contributed by atoms with Crippen molar-refractivity contribution >= 4 is 22.0 Å². The van der Waals surface area contributed by atoms with Gasteiger partial charge in [-0.2, -0.15) is 5.26 Å². The number of thiophene rings is 1. The zero-order chi connectivity index (χ0) is 14.1. The zero-order valence-corrected chi connectivity index (χ0v) is 11.8. The van der Waals surface area contributed by atoms with Gasteiger partial charge in [-0.3, -0.25) is 9.89 Å². The molecule has 0 radical (unpaired) electrons. The van der Waals surface area contributed by atoms with Crippen molar-refractivity contribution in [3.8, 4) is 6.07 Å². The summed E-state index contributed by atoms with van der Waals surface area (Å²) in [7, 11) is 0. The van der Waals surface area contributed by atoms with Crippen LogP contribution in [0.25, 0.3) is 0 Å². The van der Waals surface area contributed by atoms with Crippen molar-refractivity contribution < 1.29 is 0 Å². The average Bonchev–Trinajstić information content (AvgIpc) is 2.97. The molecule has 2 aromatic heterocycles. The Morgan fingerprint density at radius 2 is 2.05 bits per heavy atom. The Labute approximate surface area is 119 Å². The first kappa shape index (κ1) is 12.8. The second-order valence-corrected chi connectivity index (χ2v) is 5.84. The van der Waals surface area contributed by atoms with E-state index in [9.17, 15) is 10.1 Å². The normalized spacial score (nSPS) is 14.4. The zero-order valence-electron chi connectivity index (χ0n) is 11.0. The third kappa shape index (κ3) is 2.08. The SMILES string of the molecule is Cc1[nH][nH]c(=O)c1N=Nc1sc2c(c1C#N)CCCC2. The maximum atomic E-state index is 11.5. The summed E-state index contributed by atoms with van der Waals surface area (Å²) in [4.78, 5) is 12.7. The highest BCUT2D eigenvalue weighted by atomic mass is 32.1. The van der Waals surface area contributed by atoms with Gasteiger partial charge in [0.25, 0.3) is 5.56 Å². The molecule has 102 valence electrons. The standard InChI is InChI=1S/C13H13N5OS/c1-7-11(12(19)17-15-7)16-18-13-9(6-14)8-4-2-3-5-10(8)20-13/h2-5H2,1H3,(H2,15,17,19). The van der Waals surface area contributed by atoms with Crippen molar-refractivity contribution in [3.05, 3.63) is 32.1 Å². The summed E-state index contributed by atoms with van der Waals surface area (Å²) in [5, 5.41) is 23.2. The van der Waals surface area contributed by atoms with Gasteiger partial charge in [-0.1, -0.05) is 0 Å². The van der Waals surface area contributed by atoms with Gasteiger partial charge in [0, 0.05) is 4.88 Å². The van der Waals surface area contributed by atoms with E-state index in [-0.39, 0.29) is 11.2 Å². The highest BCUT2D eigenvalue weighted by Gasteiger charge is 2.20. The van der Waals surface area contributed by atoms with Crippen molar-refractivity contribution in [1.29, 1.82) is 5.26 Å². The summed E-state index contributed by atoms with van der Waals surface area (Å²) in [6.07, 6.45) is 4.22. The summed E-state index contributed by atoms with van der Waals surface area (Å²) >= 11 is 1.51. The number of azo groups is 1. The van der Waals surface area contributed by atoms with Crippen LogP contribution in [0.15, 0.2) is 15.0 Å². The Morgan fingerprint density at radius 1 is 1.25 bits per heavy atom. The van der Waals surface area contributed by atoms with Gasteiger partial charge in [0.05, 0.1) is 11.3 Å². The number of rotatable bonds is 2. The fraction of sp³-hybridized carbons (Fsp3) is 0.385. The highest BCUT2D eigenvalue weighted by molar-refractivity contribution is 7.16. The molecule has 7 heteroatoms. The molecule has 0 bridgehead atoms. The first-order valence-corrected chi connectivity index (χ1v) is 7.26. The molecule has 2 N–H and O–H groups in total. The summed E-state index contributed by atoms with van der Waals surface area (Å²) in [5.41, 5.74) is 2.35. The number of fused-ring (bicyclic) bond motifs is 1. The largest absolute Gasteiger partial charge is 0.300 e. The van der Waals surface area contributed by atoms with E-state index >= 15 is 0 Å². The number of H-pyrrole nitrogens is 2. The quantitative estimate of drug-likeness (QED) is 0.829. The molecular formula is C13H13N5OS. The van der Waals surface area contributed by atoms with Gasteiger partial charge in [0.2, 0.25) is 0 Å². The van der Waals surface area contributed by atoms with E-state index in [1.807, 2.05) is 0 Å². The van der Waals surface area contributed by atoms with Crippen LogP contribution in [0.4, 0.5) is 10.7 Å². The molecule has 0 aromatic carbocycles. The second kappa shape index (κ2) is 5.06. The topological polar surface area (TPSA) is 97.2 Å². The van der Waals surface area contributed by atoms with Crippen LogP contribution in [0.2, 0.25) is 0 Å². The first-order valence-electron chi connectivity index (χ1n) is 6.44. The molecule has 0 saturated carbocycles. The van der Waals surface area contributed by atoms with Crippen LogP contribution in [-0.4, -0.2) is 10.2 Å². The number of nitrogens with zero attached hydrogens (tertiary/aromatic N) is 3. The van der Waals surface area contributed by atoms with Crippen LogP contribution in [0.1, 0.15) is 34.5 Å². The number of hydrogen-bond acceptors (Lipinski definition) is 5. The second-order valence-electron chi connectivity index (χ2n) is 4.76. The molecule has 0 saturated heterocycles. The van der Waals surface area contributed by atoms with Crippen molar-refractivity contribution in [3.63, 3.8) is 0 Å². The lowest BCUT2D eigenvalue weighted by Crippen LogP contribution is -1.99. The van der Waals surface area contributed by atoms with Crippen LogP contribution in [0.5, 0.6) is 0 Å². The van der Waals surface area contributed by atoms with Crippen molar-refractivity contribution in [2.24, 2.45) is 10.2 Å². The van der Waals surface area contributed by atoms with Crippen molar-refractivity contribution in [1.82, 2.24) is 10.2 Å². The fourth-order valence-electron chi connectivity index (χ4n) is 2.39. The third-order valence-electron chi connectivity index (χ3n) is 3.44. The average molecular weight is 287 g/mol. The van der Waals surface area contributed by atoms with Gasteiger partial charge in [-0.15, -0.1) is 21.6 Å². The predicted molar refractivity (Wildman–Crippen MR) is 76.0 cm³/mol. The molecule has 2 heterocycles. The summed E-state index contributed by atoms with van der Waals surface area (Å²) in [5.74, 6) is 0. The van der Waals surface area contributed by atoms with Crippen molar-refractivity contribution in [2.45, 2.75) is 32.6 Å². The van der Waals surface area contributed by atoms with E-state index in [0.29, 0.717) is 16.3 Å². The Balaban J connectivity index is 2.02. The van der Waals surface area contributed by atoms with Crippen LogP contribution < -0.4 is 5.56 Å². The van der Waals surface area contributed by atoms with E-state index < -0.39 is 0 Å². The van der Waals surface area contributed by atoms with Gasteiger partial charge in [-0.25, -0.2) is 0 Å². The van der Waals surface area contributed by atoms with Crippen LogP contribution in [0.3, 0.4) is 0 Å². The third-order valence-corrected chi connectivity index (χ3v) is 4.62. The van der Waals surface area contributed by atoms with E-state index in [4.69, 9.17) is 0 Å². The number of nitrogens with one attached hydrogen (secondary N) is 2. The van der Waals surface area contributed by atoms with E-state index in [0.717, 1.165) is 31.2 Å². The molecule has 20 heavy (non-hydrogen) atoms. The molecular weight excluding hydrogens is 274 g/mol. The van der Waals surface area contributed by atoms with Crippen LogP contribution >= 0.6 is 11.3 Å². The Morgan fingerprint density at radius 3 is 2.75 bits per heavy atom. The van der Waals surface area contributed by atoms with Gasteiger partial charge in [0.15, 0.2) is 10.7 Å². The molecule has 0 amide bonds. The van der Waals surface area contributed by atoms with Crippen LogP contribution in [0, 0.1) is 18.3 Å². The number of aromatic nitrogens is 2. The molecule has 0 atom stereocenters. The molecule has 2 aromatic rings. The summed E-state index contributed by atoms with van der Waals surface area (Å²) in [6, 6.07) is 2.23. The van der Waals surface area contributed by atoms with E-state index in [1.54, 1.807) is 6.92 Å². The predicted octanol–water partition coefficient (Wildman–Crippen LogP) is 3.24. The lowest BCUT2D eigenvalue weighted by Gasteiger charge is -2.09. The van der Waals surface area contributed by atoms with Gasteiger partial charge in [-0.05, 0) is 38.2 Å². The maximum Gasteiger partial charge on any atom is 0.291 e. The summed E-state index contributed by atoms with van der Waals surface area (Å²) in [6.45, 7) is 1.75. The summed E-state index contributed by atoms with van der Waals surface area (Å²) < 4.78 is 0. The molecule has 6 nitrogen and oxygen atoms in total. The van der Waals surface area contributed by atoms with Crippen LogP contribution in [-0.2, 0) is 12.8 Å². The van der Waals surface area contributed by atoms with Gasteiger partial charge < -0.3 is 5.10 Å². The minimum Gasteiger partial charge on any atom is -0.300 e. The minimum atomic E-state index is -0.300. The van der Waals surface area contributed by atoms with Gasteiger partial charge >= 0.3 is 0 Å². The number of aryl methyl sites for hydroxylation is 2.